The van der Waals surface area contributed by atoms with Gasteiger partial charge in [0.05, 0.1) is 11.3 Å². The molecule has 1 rings (SSSR count). The Bertz CT molecular complexity index is 451. The minimum Gasteiger partial charge on any atom is -0.478 e. The summed E-state index contributed by atoms with van der Waals surface area (Å²) in [6.45, 7) is 1.00. The summed E-state index contributed by atoms with van der Waals surface area (Å²) in [4.78, 5) is 22.2. The van der Waals surface area contributed by atoms with Crippen LogP contribution in [0.4, 0.5) is 10.5 Å². The Labute approximate surface area is 113 Å². The van der Waals surface area contributed by atoms with Crippen LogP contribution in [0.1, 0.15) is 16.8 Å². The van der Waals surface area contributed by atoms with Crippen LogP contribution in [0.3, 0.4) is 0 Å². The summed E-state index contributed by atoms with van der Waals surface area (Å²) in [5.74, 6) is -1.02. The zero-order chi connectivity index (χ0) is 13.5. The number of nitrogens with two attached hydrogens (primary N) is 1. The van der Waals surface area contributed by atoms with Crippen molar-refractivity contribution in [1.82, 2.24) is 5.32 Å². The van der Waals surface area contributed by atoms with Gasteiger partial charge in [0.1, 0.15) is 0 Å². The molecular weight excluding hydrogens is 302 g/mol. The fourth-order valence-corrected chi connectivity index (χ4v) is 1.70. The number of amides is 2. The second-order valence-corrected chi connectivity index (χ2v) is 4.38. The average molecular weight is 316 g/mol. The van der Waals surface area contributed by atoms with Gasteiger partial charge in [-0.1, -0.05) is 0 Å². The first-order valence-corrected chi connectivity index (χ1v) is 6.11. The SMILES string of the molecule is NCCCNC(=O)Nc1ccc(C(=O)O)cc1Br. The Balaban J connectivity index is 2.62. The molecule has 0 bridgehead atoms. The van der Waals surface area contributed by atoms with Crippen molar-refractivity contribution >= 4 is 33.6 Å². The maximum Gasteiger partial charge on any atom is 0.335 e. The predicted octanol–water partition coefficient (Wildman–Crippen LogP) is 1.62. The molecule has 0 aliphatic rings. The van der Waals surface area contributed by atoms with Gasteiger partial charge in [-0.25, -0.2) is 9.59 Å². The summed E-state index contributed by atoms with van der Waals surface area (Å²) >= 11 is 3.20. The third-order valence-corrected chi connectivity index (χ3v) is 2.79. The van der Waals surface area contributed by atoms with Gasteiger partial charge in [-0.05, 0) is 47.1 Å². The van der Waals surface area contributed by atoms with E-state index in [1.165, 1.54) is 18.2 Å². The molecule has 0 heterocycles. The van der Waals surface area contributed by atoms with E-state index in [9.17, 15) is 9.59 Å². The number of nitrogens with one attached hydrogen (secondary N) is 2. The number of urea groups is 1. The van der Waals surface area contributed by atoms with Gasteiger partial charge in [-0.3, -0.25) is 0 Å². The normalized spacial score (nSPS) is 9.89. The highest BCUT2D eigenvalue weighted by atomic mass is 79.9. The summed E-state index contributed by atoms with van der Waals surface area (Å²) in [6, 6.07) is 4.02. The number of hydrogen-bond acceptors (Lipinski definition) is 3. The summed E-state index contributed by atoms with van der Waals surface area (Å²) in [7, 11) is 0. The molecule has 2 amide bonds. The number of carboxylic acid groups (broad SMARTS) is 1. The Morgan fingerprint density at radius 2 is 2.11 bits per heavy atom. The fraction of sp³-hybridized carbons (Fsp3) is 0.273. The highest BCUT2D eigenvalue weighted by Gasteiger charge is 2.08. The van der Waals surface area contributed by atoms with Crippen molar-refractivity contribution in [2.75, 3.05) is 18.4 Å². The molecule has 0 spiro atoms. The van der Waals surface area contributed by atoms with Gasteiger partial charge >= 0.3 is 12.0 Å². The summed E-state index contributed by atoms with van der Waals surface area (Å²) in [5.41, 5.74) is 5.96. The van der Waals surface area contributed by atoms with Crippen molar-refractivity contribution in [1.29, 1.82) is 0 Å². The van der Waals surface area contributed by atoms with Crippen LogP contribution in [0.15, 0.2) is 22.7 Å². The van der Waals surface area contributed by atoms with Gasteiger partial charge in [0.25, 0.3) is 0 Å². The Kier molecular flexibility index (Phi) is 5.60. The van der Waals surface area contributed by atoms with E-state index in [-0.39, 0.29) is 11.6 Å². The zero-order valence-corrected chi connectivity index (χ0v) is 11.2. The number of rotatable bonds is 5. The second-order valence-electron chi connectivity index (χ2n) is 3.52. The van der Waals surface area contributed by atoms with Gasteiger partial charge in [0.15, 0.2) is 0 Å². The number of carbonyl (C=O) groups excluding carboxylic acids is 1. The van der Waals surface area contributed by atoms with Crippen LogP contribution in [0.2, 0.25) is 0 Å². The third kappa shape index (κ3) is 4.34. The lowest BCUT2D eigenvalue weighted by Crippen LogP contribution is -2.30. The van der Waals surface area contributed by atoms with Crippen molar-refractivity contribution < 1.29 is 14.7 Å². The molecule has 0 aliphatic carbocycles. The lowest BCUT2D eigenvalue weighted by Gasteiger charge is -2.09. The maximum atomic E-state index is 11.5. The zero-order valence-electron chi connectivity index (χ0n) is 9.57. The minimum absolute atomic E-state index is 0.149. The first kappa shape index (κ1) is 14.5. The van der Waals surface area contributed by atoms with Crippen LogP contribution >= 0.6 is 15.9 Å². The van der Waals surface area contributed by atoms with Crippen LogP contribution in [-0.2, 0) is 0 Å². The Morgan fingerprint density at radius 1 is 1.39 bits per heavy atom. The van der Waals surface area contributed by atoms with Crippen molar-refractivity contribution in [3.05, 3.63) is 28.2 Å². The standard InChI is InChI=1S/C11H14BrN3O3/c12-8-6-7(10(16)17)2-3-9(8)15-11(18)14-5-1-4-13/h2-3,6H,1,4-5,13H2,(H,16,17)(H2,14,15,18). The van der Waals surface area contributed by atoms with Crippen molar-refractivity contribution in [3.63, 3.8) is 0 Å². The number of anilines is 1. The van der Waals surface area contributed by atoms with E-state index in [4.69, 9.17) is 10.8 Å². The lowest BCUT2D eigenvalue weighted by atomic mass is 10.2. The number of carboxylic acids is 1. The van der Waals surface area contributed by atoms with E-state index in [2.05, 4.69) is 26.6 Å². The van der Waals surface area contributed by atoms with E-state index < -0.39 is 5.97 Å². The number of carbonyl (C=O) groups is 2. The van der Waals surface area contributed by atoms with Gasteiger partial charge in [-0.15, -0.1) is 0 Å². The Hall–Kier alpha value is -1.60. The molecule has 0 radical (unpaired) electrons. The fourth-order valence-electron chi connectivity index (χ4n) is 1.22. The predicted molar refractivity (Wildman–Crippen MR) is 71.8 cm³/mol. The van der Waals surface area contributed by atoms with E-state index in [1.54, 1.807) is 0 Å². The quantitative estimate of drug-likeness (QED) is 0.620. The minimum atomic E-state index is -1.02. The molecule has 18 heavy (non-hydrogen) atoms. The van der Waals surface area contributed by atoms with E-state index in [1.807, 2.05) is 0 Å². The molecule has 98 valence electrons. The van der Waals surface area contributed by atoms with Crippen LogP contribution < -0.4 is 16.4 Å². The molecule has 0 aromatic heterocycles. The highest BCUT2D eigenvalue weighted by molar-refractivity contribution is 9.10. The second kappa shape index (κ2) is 6.97. The van der Waals surface area contributed by atoms with Crippen LogP contribution in [-0.4, -0.2) is 30.2 Å². The molecule has 1 aromatic rings. The number of aromatic carboxylic acids is 1. The molecule has 0 fully saturated rings. The van der Waals surface area contributed by atoms with E-state index in [0.29, 0.717) is 29.7 Å². The van der Waals surface area contributed by atoms with E-state index in [0.717, 1.165) is 0 Å². The Morgan fingerprint density at radius 3 is 2.67 bits per heavy atom. The van der Waals surface area contributed by atoms with Crippen LogP contribution in [0, 0.1) is 0 Å². The molecule has 0 atom stereocenters. The summed E-state index contributed by atoms with van der Waals surface area (Å²) in [6.07, 6.45) is 0.701. The molecule has 0 aliphatic heterocycles. The average Bonchev–Trinajstić information content (AvgIpc) is 2.32. The maximum absolute atomic E-state index is 11.5. The molecule has 6 nitrogen and oxygen atoms in total. The van der Waals surface area contributed by atoms with Gasteiger partial charge in [0.2, 0.25) is 0 Å². The number of hydrogen-bond donors (Lipinski definition) is 4. The van der Waals surface area contributed by atoms with Crippen molar-refractivity contribution in [2.45, 2.75) is 6.42 Å². The van der Waals surface area contributed by atoms with Gasteiger partial charge < -0.3 is 21.5 Å². The molecule has 7 heteroatoms. The summed E-state index contributed by atoms with van der Waals surface area (Å²) < 4.78 is 0.511. The van der Waals surface area contributed by atoms with Gasteiger partial charge in [0, 0.05) is 11.0 Å². The van der Waals surface area contributed by atoms with Gasteiger partial charge in [-0.2, -0.15) is 0 Å². The highest BCUT2D eigenvalue weighted by Crippen LogP contribution is 2.23. The summed E-state index contributed by atoms with van der Waals surface area (Å²) in [5, 5.41) is 14.0. The topological polar surface area (TPSA) is 104 Å². The molecular formula is C11H14BrN3O3. The first-order valence-electron chi connectivity index (χ1n) is 5.32. The van der Waals surface area contributed by atoms with Crippen LogP contribution in [0.25, 0.3) is 0 Å². The number of benzene rings is 1. The molecule has 5 N–H and O–H groups in total. The van der Waals surface area contributed by atoms with Crippen molar-refractivity contribution in [2.24, 2.45) is 5.73 Å². The molecule has 0 saturated carbocycles. The van der Waals surface area contributed by atoms with Crippen molar-refractivity contribution in [3.8, 4) is 0 Å². The largest absolute Gasteiger partial charge is 0.478 e. The monoisotopic (exact) mass is 315 g/mol. The lowest BCUT2D eigenvalue weighted by molar-refractivity contribution is 0.0697. The first-order chi connectivity index (χ1) is 8.54. The van der Waals surface area contributed by atoms with Crippen LogP contribution in [0.5, 0.6) is 0 Å². The molecule has 0 unspecified atom stereocenters. The number of halogens is 1. The molecule has 1 aromatic carbocycles. The molecule has 0 saturated heterocycles. The third-order valence-electron chi connectivity index (χ3n) is 2.13. The van der Waals surface area contributed by atoms with E-state index >= 15 is 0 Å². The smallest absolute Gasteiger partial charge is 0.335 e.